The summed E-state index contributed by atoms with van der Waals surface area (Å²) >= 11 is 0. The number of aliphatic hydroxyl groups is 1. The average molecular weight is 637 g/mol. The molecular formula is C33H49O10P. The first-order valence-corrected chi connectivity index (χ1v) is 16.9. The second-order valence-electron chi connectivity index (χ2n) is 11.8. The zero-order valence-corrected chi connectivity index (χ0v) is 27.5. The third-order valence-electron chi connectivity index (χ3n) is 6.88. The Bertz CT molecular complexity index is 1130. The lowest BCUT2D eigenvalue weighted by Gasteiger charge is -2.44. The summed E-state index contributed by atoms with van der Waals surface area (Å²) in [7, 11) is -4.19. The molecule has 44 heavy (non-hydrogen) atoms. The predicted molar refractivity (Wildman–Crippen MR) is 166 cm³/mol. The molecule has 2 aromatic rings. The van der Waals surface area contributed by atoms with Crippen LogP contribution in [0.1, 0.15) is 71.4 Å². The van der Waals surface area contributed by atoms with Crippen molar-refractivity contribution < 1.29 is 47.0 Å². The molecule has 0 aromatic heterocycles. The molecule has 5 atom stereocenters. The Hall–Kier alpha value is -2.14. The fourth-order valence-corrected chi connectivity index (χ4v) is 5.57. The molecule has 0 spiro atoms. The van der Waals surface area contributed by atoms with Gasteiger partial charge in [0, 0.05) is 0 Å². The number of benzene rings is 2. The van der Waals surface area contributed by atoms with Gasteiger partial charge in [-0.2, -0.15) is 0 Å². The molecule has 0 unspecified atom stereocenters. The molecule has 1 aliphatic heterocycles. The molecule has 2 aromatic carbocycles. The zero-order chi connectivity index (χ0) is 32.0. The van der Waals surface area contributed by atoms with Gasteiger partial charge in [0.15, 0.2) is 6.10 Å². The number of unbranched alkanes of at least 4 members (excludes halogenated alkanes) is 2. The van der Waals surface area contributed by atoms with Gasteiger partial charge in [0.1, 0.15) is 18.3 Å². The maximum Gasteiger partial charge on any atom is 0.477 e. The van der Waals surface area contributed by atoms with Gasteiger partial charge < -0.3 is 24.1 Å². The summed E-state index contributed by atoms with van der Waals surface area (Å²) in [5.41, 5.74) is 0.927. The molecule has 10 nitrogen and oxygen atoms in total. The second-order valence-corrected chi connectivity index (χ2v) is 13.5. The Morgan fingerprint density at radius 3 is 1.93 bits per heavy atom. The number of hydrogen-bond donors (Lipinski definition) is 1. The van der Waals surface area contributed by atoms with Crippen molar-refractivity contribution in [1.29, 1.82) is 0 Å². The summed E-state index contributed by atoms with van der Waals surface area (Å²) < 4.78 is 55.3. The first kappa shape index (κ1) is 36.3. The van der Waals surface area contributed by atoms with E-state index in [1.807, 2.05) is 74.5 Å². The molecule has 1 saturated heterocycles. The molecule has 246 valence electrons. The fraction of sp³-hybridized carbons (Fsp3) is 0.606. The van der Waals surface area contributed by atoms with Crippen LogP contribution in [-0.4, -0.2) is 61.6 Å². The van der Waals surface area contributed by atoms with Gasteiger partial charge in [-0.05, 0) is 44.7 Å². The third kappa shape index (κ3) is 11.7. The molecule has 3 rings (SSSR count). The van der Waals surface area contributed by atoms with Crippen LogP contribution in [0.3, 0.4) is 0 Å². The van der Waals surface area contributed by atoms with E-state index in [2.05, 4.69) is 0 Å². The summed E-state index contributed by atoms with van der Waals surface area (Å²) in [5.74, 6) is -0.604. The number of esters is 1. The molecule has 1 N–H and O–H groups in total. The van der Waals surface area contributed by atoms with Crippen molar-refractivity contribution in [2.45, 2.75) is 104 Å². The standard InChI is InChI=1S/C33H49O10P/c1-6-8-20-39-44(36,40-21-9-7-2)43-31-30(42-32(35)33(3,4)5)28(34)29(38-23-26-18-14-11-15-19-26)27(41-31)24-37-22-25-16-12-10-13-17-25/h10-19,27-31,34H,6-9,20-24H2,1-5H3/t27-,28+,29-,30-,31+/m1/s1. The zero-order valence-electron chi connectivity index (χ0n) is 26.6. The van der Waals surface area contributed by atoms with E-state index in [1.54, 1.807) is 20.8 Å². The van der Waals surface area contributed by atoms with Crippen LogP contribution in [0.4, 0.5) is 0 Å². The summed E-state index contributed by atoms with van der Waals surface area (Å²) in [5, 5.41) is 11.7. The van der Waals surface area contributed by atoms with Crippen LogP contribution in [0.15, 0.2) is 60.7 Å². The van der Waals surface area contributed by atoms with E-state index in [1.165, 1.54) is 0 Å². The molecule has 0 aliphatic carbocycles. The van der Waals surface area contributed by atoms with Crippen LogP contribution in [0.2, 0.25) is 0 Å². The van der Waals surface area contributed by atoms with E-state index >= 15 is 0 Å². The van der Waals surface area contributed by atoms with Crippen molar-refractivity contribution in [3.05, 3.63) is 71.8 Å². The van der Waals surface area contributed by atoms with Gasteiger partial charge in [0.05, 0.1) is 38.4 Å². The smallest absolute Gasteiger partial charge is 0.454 e. The van der Waals surface area contributed by atoms with Gasteiger partial charge in [-0.15, -0.1) is 0 Å². The van der Waals surface area contributed by atoms with Gasteiger partial charge in [-0.25, -0.2) is 4.57 Å². The molecule has 0 saturated carbocycles. The Balaban J connectivity index is 1.89. The van der Waals surface area contributed by atoms with Gasteiger partial charge in [0.25, 0.3) is 0 Å². The normalized spacial score (nSPS) is 22.5. The number of ether oxygens (including phenoxy) is 4. The summed E-state index contributed by atoms with van der Waals surface area (Å²) in [6.45, 7) is 9.74. The number of carbonyl (C=O) groups is 1. The van der Waals surface area contributed by atoms with E-state index in [0.717, 1.165) is 24.0 Å². The minimum absolute atomic E-state index is 0.00287. The lowest BCUT2D eigenvalue weighted by molar-refractivity contribution is -0.298. The minimum atomic E-state index is -4.19. The van der Waals surface area contributed by atoms with Crippen molar-refractivity contribution in [2.24, 2.45) is 5.41 Å². The molecule has 0 bridgehead atoms. The van der Waals surface area contributed by atoms with Gasteiger partial charge in [-0.1, -0.05) is 87.4 Å². The molecular weight excluding hydrogens is 587 g/mol. The SMILES string of the molecule is CCCCOP(=O)(OCCCC)O[C@@H]1O[C@H](COCc2ccccc2)[C@@H](OCc2ccccc2)[C@H](O)[C@H]1OC(=O)C(C)(C)C. The Morgan fingerprint density at radius 1 is 0.864 bits per heavy atom. The molecule has 11 heteroatoms. The molecule has 1 aliphatic rings. The quantitative estimate of drug-likeness (QED) is 0.109. The Morgan fingerprint density at radius 2 is 1.41 bits per heavy atom. The molecule has 1 fully saturated rings. The van der Waals surface area contributed by atoms with E-state index in [9.17, 15) is 14.5 Å². The van der Waals surface area contributed by atoms with Crippen LogP contribution in [-0.2, 0) is 55.1 Å². The maximum atomic E-state index is 13.8. The van der Waals surface area contributed by atoms with Gasteiger partial charge >= 0.3 is 13.8 Å². The molecule has 0 amide bonds. The highest BCUT2D eigenvalue weighted by Crippen LogP contribution is 2.52. The summed E-state index contributed by atoms with van der Waals surface area (Å²) in [6, 6.07) is 19.1. The second kappa shape index (κ2) is 18.1. The summed E-state index contributed by atoms with van der Waals surface area (Å²) in [6.07, 6.45) is -3.30. The number of carbonyl (C=O) groups excluding carboxylic acids is 1. The third-order valence-corrected chi connectivity index (χ3v) is 8.34. The monoisotopic (exact) mass is 636 g/mol. The van der Waals surface area contributed by atoms with Gasteiger partial charge in [-0.3, -0.25) is 18.4 Å². The van der Waals surface area contributed by atoms with E-state index in [-0.39, 0.29) is 33.0 Å². The van der Waals surface area contributed by atoms with E-state index in [4.69, 9.17) is 32.5 Å². The predicted octanol–water partition coefficient (Wildman–Crippen LogP) is 6.59. The number of aliphatic hydroxyl groups excluding tert-OH is 1. The van der Waals surface area contributed by atoms with Crippen molar-refractivity contribution in [1.82, 2.24) is 0 Å². The summed E-state index contributed by atoms with van der Waals surface area (Å²) in [4.78, 5) is 13.1. The van der Waals surface area contributed by atoms with Gasteiger partial charge in [0.2, 0.25) is 6.29 Å². The number of phosphoric acid groups is 1. The first-order chi connectivity index (χ1) is 21.1. The van der Waals surface area contributed by atoms with Crippen molar-refractivity contribution >= 4 is 13.8 Å². The van der Waals surface area contributed by atoms with Crippen molar-refractivity contribution in [3.63, 3.8) is 0 Å². The molecule has 1 heterocycles. The van der Waals surface area contributed by atoms with Crippen LogP contribution in [0.5, 0.6) is 0 Å². The lowest BCUT2D eigenvalue weighted by atomic mass is 9.95. The highest BCUT2D eigenvalue weighted by Gasteiger charge is 2.52. The van der Waals surface area contributed by atoms with Crippen LogP contribution >= 0.6 is 7.82 Å². The highest BCUT2D eigenvalue weighted by atomic mass is 31.2. The lowest BCUT2D eigenvalue weighted by Crippen LogP contribution is -2.61. The Kier molecular flexibility index (Phi) is 15.0. The topological polar surface area (TPSA) is 119 Å². The number of hydrogen-bond acceptors (Lipinski definition) is 10. The van der Waals surface area contributed by atoms with Crippen molar-refractivity contribution in [3.8, 4) is 0 Å². The average Bonchev–Trinajstić information content (AvgIpc) is 2.99. The highest BCUT2D eigenvalue weighted by molar-refractivity contribution is 7.48. The first-order valence-electron chi connectivity index (χ1n) is 15.5. The van der Waals surface area contributed by atoms with Crippen LogP contribution in [0, 0.1) is 5.41 Å². The Labute approximate surface area is 261 Å². The molecule has 0 radical (unpaired) electrons. The van der Waals surface area contributed by atoms with Crippen molar-refractivity contribution in [2.75, 3.05) is 19.8 Å². The maximum absolute atomic E-state index is 13.8. The van der Waals surface area contributed by atoms with Crippen LogP contribution in [0.25, 0.3) is 0 Å². The number of phosphoric ester groups is 1. The minimum Gasteiger partial charge on any atom is -0.454 e. The van der Waals surface area contributed by atoms with E-state index in [0.29, 0.717) is 12.8 Å². The van der Waals surface area contributed by atoms with Crippen LogP contribution < -0.4 is 0 Å². The van der Waals surface area contributed by atoms with E-state index < -0.39 is 49.9 Å². The largest absolute Gasteiger partial charge is 0.477 e. The number of rotatable bonds is 18. The fourth-order valence-electron chi connectivity index (χ4n) is 4.25.